The van der Waals surface area contributed by atoms with Crippen molar-refractivity contribution < 1.29 is 4.79 Å². The molecule has 130 valence electrons. The number of piperidine rings is 1. The SMILES string of the molecule is CN1C2CCCC1(C(=O)NN1CC(C)(C)c3ccccc31)CNC2. The highest BCUT2D eigenvalue weighted by Gasteiger charge is 2.50. The average molecular weight is 328 g/mol. The summed E-state index contributed by atoms with van der Waals surface area (Å²) in [7, 11) is 2.12. The molecule has 5 nitrogen and oxygen atoms in total. The van der Waals surface area contributed by atoms with Crippen LogP contribution in [0.1, 0.15) is 38.7 Å². The van der Waals surface area contributed by atoms with Crippen molar-refractivity contribution in [1.29, 1.82) is 0 Å². The summed E-state index contributed by atoms with van der Waals surface area (Å²) < 4.78 is 0. The molecule has 0 aromatic heterocycles. The Hall–Kier alpha value is -1.59. The first-order valence-corrected chi connectivity index (χ1v) is 9.06. The summed E-state index contributed by atoms with van der Waals surface area (Å²) in [4.78, 5) is 15.6. The lowest BCUT2D eigenvalue weighted by atomic mass is 9.80. The number of carbonyl (C=O) groups excluding carboxylic acids is 1. The van der Waals surface area contributed by atoms with Gasteiger partial charge < -0.3 is 5.32 Å². The molecular formula is C19H28N4O. The van der Waals surface area contributed by atoms with Gasteiger partial charge in [0, 0.05) is 31.1 Å². The number of likely N-dealkylation sites (N-methyl/N-ethyl adjacent to an activating group) is 1. The van der Waals surface area contributed by atoms with Gasteiger partial charge in [-0.15, -0.1) is 0 Å². The lowest BCUT2D eigenvalue weighted by Crippen LogP contribution is -2.72. The Labute approximate surface area is 144 Å². The molecule has 2 fully saturated rings. The van der Waals surface area contributed by atoms with E-state index in [9.17, 15) is 4.79 Å². The first kappa shape index (κ1) is 15.9. The highest BCUT2D eigenvalue weighted by atomic mass is 16.2. The monoisotopic (exact) mass is 328 g/mol. The van der Waals surface area contributed by atoms with Crippen LogP contribution in [0.5, 0.6) is 0 Å². The number of rotatable bonds is 2. The number of benzene rings is 1. The Morgan fingerprint density at radius 2 is 2.12 bits per heavy atom. The number of fused-ring (bicyclic) bond motifs is 3. The van der Waals surface area contributed by atoms with E-state index < -0.39 is 5.54 Å². The molecule has 24 heavy (non-hydrogen) atoms. The van der Waals surface area contributed by atoms with Gasteiger partial charge in [0.2, 0.25) is 0 Å². The van der Waals surface area contributed by atoms with Gasteiger partial charge in [0.05, 0.1) is 5.69 Å². The number of hydrogen-bond acceptors (Lipinski definition) is 4. The van der Waals surface area contributed by atoms with Gasteiger partial charge in [-0.25, -0.2) is 0 Å². The average Bonchev–Trinajstić information content (AvgIpc) is 2.79. The molecule has 1 amide bonds. The molecule has 1 aromatic rings. The Kier molecular flexibility index (Phi) is 3.62. The van der Waals surface area contributed by atoms with E-state index in [0.29, 0.717) is 6.04 Å². The summed E-state index contributed by atoms with van der Waals surface area (Å²) >= 11 is 0. The maximum Gasteiger partial charge on any atom is 0.260 e. The number of carbonyl (C=O) groups is 1. The van der Waals surface area contributed by atoms with Gasteiger partial charge >= 0.3 is 0 Å². The first-order valence-electron chi connectivity index (χ1n) is 9.06. The van der Waals surface area contributed by atoms with E-state index in [4.69, 9.17) is 0 Å². The molecule has 2 saturated heterocycles. The van der Waals surface area contributed by atoms with Crippen molar-refractivity contribution in [3.8, 4) is 0 Å². The van der Waals surface area contributed by atoms with Crippen LogP contribution in [0.25, 0.3) is 0 Å². The van der Waals surface area contributed by atoms with E-state index in [1.165, 1.54) is 12.0 Å². The highest BCUT2D eigenvalue weighted by Crippen LogP contribution is 2.40. The van der Waals surface area contributed by atoms with Crippen molar-refractivity contribution in [3.05, 3.63) is 29.8 Å². The predicted octanol–water partition coefficient (Wildman–Crippen LogP) is 1.64. The van der Waals surface area contributed by atoms with Crippen LogP contribution in [0.2, 0.25) is 0 Å². The van der Waals surface area contributed by atoms with Crippen molar-refractivity contribution in [2.45, 2.75) is 50.1 Å². The highest BCUT2D eigenvalue weighted by molar-refractivity contribution is 5.89. The summed E-state index contributed by atoms with van der Waals surface area (Å²) in [6, 6.07) is 8.87. The van der Waals surface area contributed by atoms with Crippen LogP contribution in [0.3, 0.4) is 0 Å². The van der Waals surface area contributed by atoms with Crippen LogP contribution in [0.4, 0.5) is 5.69 Å². The third kappa shape index (κ3) is 2.25. The van der Waals surface area contributed by atoms with Crippen LogP contribution in [0.15, 0.2) is 24.3 Å². The fraction of sp³-hybridized carbons (Fsp3) is 0.632. The number of hydrogen-bond donors (Lipinski definition) is 2. The standard InChI is InChI=1S/C19H28N4O/c1-18(2)13-23(16-9-5-4-8-15(16)18)21-17(24)19-10-6-7-14(22(19)3)11-20-12-19/h4-5,8-9,14,20H,6-7,10-13H2,1-3H3,(H,21,24). The maximum atomic E-state index is 13.3. The van der Waals surface area contributed by atoms with Crippen LogP contribution >= 0.6 is 0 Å². The number of hydrazine groups is 1. The van der Waals surface area contributed by atoms with Gasteiger partial charge in [-0.3, -0.25) is 20.1 Å². The van der Waals surface area contributed by atoms with Gasteiger partial charge in [0.1, 0.15) is 5.54 Å². The van der Waals surface area contributed by atoms with Gasteiger partial charge in [0.15, 0.2) is 0 Å². The summed E-state index contributed by atoms with van der Waals surface area (Å²) in [6.45, 7) is 7.02. The van der Waals surface area contributed by atoms with E-state index in [1.54, 1.807) is 0 Å². The molecule has 0 spiro atoms. The van der Waals surface area contributed by atoms with E-state index in [0.717, 1.165) is 38.2 Å². The minimum atomic E-state index is -0.414. The van der Waals surface area contributed by atoms with E-state index >= 15 is 0 Å². The predicted molar refractivity (Wildman–Crippen MR) is 96.0 cm³/mol. The van der Waals surface area contributed by atoms with E-state index in [-0.39, 0.29) is 11.3 Å². The zero-order chi connectivity index (χ0) is 16.9. The Morgan fingerprint density at radius 1 is 1.33 bits per heavy atom. The second-order valence-corrected chi connectivity index (χ2v) is 8.25. The second kappa shape index (κ2) is 5.46. The van der Waals surface area contributed by atoms with Gasteiger partial charge in [-0.1, -0.05) is 32.0 Å². The lowest BCUT2D eigenvalue weighted by molar-refractivity contribution is -0.139. The van der Waals surface area contributed by atoms with Gasteiger partial charge in [-0.2, -0.15) is 0 Å². The molecule has 5 heteroatoms. The topological polar surface area (TPSA) is 47.6 Å². The molecular weight excluding hydrogens is 300 g/mol. The fourth-order valence-electron chi connectivity index (χ4n) is 4.77. The fourth-order valence-corrected chi connectivity index (χ4v) is 4.77. The number of para-hydroxylation sites is 1. The first-order chi connectivity index (χ1) is 11.4. The molecule has 0 aliphatic carbocycles. The molecule has 2 bridgehead atoms. The van der Waals surface area contributed by atoms with Gasteiger partial charge in [-0.05, 0) is 37.9 Å². The Balaban J connectivity index is 1.59. The maximum absolute atomic E-state index is 13.3. The van der Waals surface area contributed by atoms with Gasteiger partial charge in [0.25, 0.3) is 5.91 Å². The molecule has 2 N–H and O–H groups in total. The molecule has 3 aliphatic heterocycles. The van der Waals surface area contributed by atoms with Crippen LogP contribution in [-0.4, -0.2) is 49.1 Å². The molecule has 3 heterocycles. The number of anilines is 1. The zero-order valence-corrected chi connectivity index (χ0v) is 14.9. The summed E-state index contributed by atoms with van der Waals surface area (Å²) in [5.41, 5.74) is 5.32. The molecule has 3 aliphatic rings. The number of nitrogens with zero attached hydrogens (tertiary/aromatic N) is 2. The summed E-state index contributed by atoms with van der Waals surface area (Å²) in [6.07, 6.45) is 3.24. The number of nitrogens with one attached hydrogen (secondary N) is 2. The second-order valence-electron chi connectivity index (χ2n) is 8.25. The molecule has 2 unspecified atom stereocenters. The Bertz CT molecular complexity index is 647. The summed E-state index contributed by atoms with van der Waals surface area (Å²) in [5.74, 6) is 0.134. The Morgan fingerprint density at radius 3 is 2.96 bits per heavy atom. The van der Waals surface area contributed by atoms with Crippen LogP contribution in [-0.2, 0) is 10.2 Å². The third-order valence-electron chi connectivity index (χ3n) is 6.28. The minimum Gasteiger partial charge on any atom is -0.313 e. The smallest absolute Gasteiger partial charge is 0.260 e. The number of piperazine rings is 1. The molecule has 1 aromatic carbocycles. The molecule has 2 atom stereocenters. The van der Waals surface area contributed by atoms with Crippen molar-refractivity contribution in [3.63, 3.8) is 0 Å². The summed E-state index contributed by atoms with van der Waals surface area (Å²) in [5, 5.41) is 5.53. The van der Waals surface area contributed by atoms with Crippen molar-refractivity contribution >= 4 is 11.6 Å². The minimum absolute atomic E-state index is 0.0490. The molecule has 0 saturated carbocycles. The number of amides is 1. The van der Waals surface area contributed by atoms with Crippen molar-refractivity contribution in [2.24, 2.45) is 0 Å². The van der Waals surface area contributed by atoms with E-state index in [1.807, 2.05) is 6.07 Å². The lowest BCUT2D eigenvalue weighted by Gasteiger charge is -2.52. The van der Waals surface area contributed by atoms with Crippen molar-refractivity contribution in [2.75, 3.05) is 31.7 Å². The van der Waals surface area contributed by atoms with Crippen LogP contribution in [0, 0.1) is 0 Å². The van der Waals surface area contributed by atoms with Crippen molar-refractivity contribution in [1.82, 2.24) is 15.6 Å². The zero-order valence-electron chi connectivity index (χ0n) is 14.9. The molecule has 0 radical (unpaired) electrons. The normalized spacial score (nSPS) is 31.6. The van der Waals surface area contributed by atoms with Crippen LogP contribution < -0.4 is 15.8 Å². The van der Waals surface area contributed by atoms with E-state index in [2.05, 4.69) is 59.7 Å². The largest absolute Gasteiger partial charge is 0.313 e. The third-order valence-corrected chi connectivity index (χ3v) is 6.28. The quantitative estimate of drug-likeness (QED) is 0.866. The molecule has 4 rings (SSSR count).